The number of hydrogen-bond donors (Lipinski definition) is 0. The number of fused-ring (bicyclic) bond motifs is 3. The third-order valence-corrected chi connectivity index (χ3v) is 6.10. The molecule has 0 saturated heterocycles. The maximum absolute atomic E-state index is 6.42. The average molecular weight is 451 g/mol. The van der Waals surface area contributed by atoms with Gasteiger partial charge in [-0.1, -0.05) is 11.6 Å². The van der Waals surface area contributed by atoms with E-state index in [1.165, 1.54) is 0 Å². The summed E-state index contributed by atoms with van der Waals surface area (Å²) in [7, 11) is 4.91. The summed E-state index contributed by atoms with van der Waals surface area (Å²) in [5, 5.41) is 7.68. The van der Waals surface area contributed by atoms with Crippen molar-refractivity contribution in [1.29, 1.82) is 0 Å². The van der Waals surface area contributed by atoms with Gasteiger partial charge in [0.15, 0.2) is 11.5 Å². The molecule has 0 aliphatic carbocycles. The van der Waals surface area contributed by atoms with Crippen molar-refractivity contribution >= 4 is 17.3 Å². The lowest BCUT2D eigenvalue weighted by atomic mass is 9.96. The lowest BCUT2D eigenvalue weighted by Gasteiger charge is -2.38. The molecule has 2 aliphatic rings. The van der Waals surface area contributed by atoms with Gasteiger partial charge in [-0.25, -0.2) is 5.01 Å². The summed E-state index contributed by atoms with van der Waals surface area (Å²) in [5.41, 5.74) is 3.99. The van der Waals surface area contributed by atoms with Gasteiger partial charge in [0.05, 0.1) is 33.1 Å². The Hall–Kier alpha value is -3.38. The number of benzene rings is 3. The first-order chi connectivity index (χ1) is 15.6. The predicted molar refractivity (Wildman–Crippen MR) is 123 cm³/mol. The van der Waals surface area contributed by atoms with Crippen LogP contribution in [0.1, 0.15) is 35.4 Å². The molecular weight excluding hydrogens is 428 g/mol. The fourth-order valence-electron chi connectivity index (χ4n) is 4.24. The molecule has 3 aromatic carbocycles. The van der Waals surface area contributed by atoms with Gasteiger partial charge in [-0.15, -0.1) is 0 Å². The summed E-state index contributed by atoms with van der Waals surface area (Å²) in [6, 6.07) is 19.5. The maximum Gasteiger partial charge on any atom is 0.214 e. The molecule has 2 heterocycles. The van der Waals surface area contributed by atoms with Crippen LogP contribution in [0.15, 0.2) is 65.8 Å². The Kier molecular flexibility index (Phi) is 5.31. The Morgan fingerprint density at radius 2 is 1.69 bits per heavy atom. The summed E-state index contributed by atoms with van der Waals surface area (Å²) in [6.45, 7) is 0. The van der Waals surface area contributed by atoms with Crippen LogP contribution in [0.25, 0.3) is 0 Å². The molecule has 0 N–H and O–H groups in total. The molecule has 0 fully saturated rings. The molecule has 3 aromatic rings. The lowest BCUT2D eigenvalue weighted by molar-refractivity contribution is -0.0191. The van der Waals surface area contributed by atoms with Crippen LogP contribution in [0.3, 0.4) is 0 Å². The molecule has 164 valence electrons. The van der Waals surface area contributed by atoms with Crippen LogP contribution >= 0.6 is 11.6 Å². The highest BCUT2D eigenvalue weighted by atomic mass is 35.5. The Bertz CT molecular complexity index is 1180. The number of methoxy groups -OCH3 is 3. The van der Waals surface area contributed by atoms with E-state index >= 15 is 0 Å². The number of hydrazone groups is 1. The van der Waals surface area contributed by atoms with E-state index in [9.17, 15) is 0 Å². The van der Waals surface area contributed by atoms with Crippen molar-refractivity contribution in [1.82, 2.24) is 5.01 Å². The van der Waals surface area contributed by atoms with Crippen LogP contribution in [-0.2, 0) is 0 Å². The van der Waals surface area contributed by atoms with Crippen LogP contribution in [0, 0.1) is 0 Å². The third-order valence-electron chi connectivity index (χ3n) is 5.87. The molecule has 0 spiro atoms. The van der Waals surface area contributed by atoms with Gasteiger partial charge < -0.3 is 18.9 Å². The Morgan fingerprint density at radius 3 is 2.41 bits per heavy atom. The summed E-state index contributed by atoms with van der Waals surface area (Å²) in [4.78, 5) is 0. The first kappa shape index (κ1) is 20.5. The minimum absolute atomic E-state index is 0.00708. The Balaban J connectivity index is 1.58. The smallest absolute Gasteiger partial charge is 0.214 e. The van der Waals surface area contributed by atoms with Gasteiger partial charge >= 0.3 is 0 Å². The predicted octanol–water partition coefficient (Wildman–Crippen LogP) is 5.61. The monoisotopic (exact) mass is 450 g/mol. The number of rotatable bonds is 5. The minimum atomic E-state index is -0.413. The van der Waals surface area contributed by atoms with Gasteiger partial charge in [0.25, 0.3) is 0 Å². The molecule has 0 aromatic heterocycles. The summed E-state index contributed by atoms with van der Waals surface area (Å²) in [5.74, 6) is 2.93. The zero-order chi connectivity index (χ0) is 22.2. The van der Waals surface area contributed by atoms with E-state index in [0.29, 0.717) is 16.5 Å². The summed E-state index contributed by atoms with van der Waals surface area (Å²) in [6.07, 6.45) is 0.330. The van der Waals surface area contributed by atoms with Gasteiger partial charge in [-0.05, 0) is 66.2 Å². The van der Waals surface area contributed by atoms with E-state index in [-0.39, 0.29) is 6.04 Å². The molecule has 7 heteroatoms. The highest BCUT2D eigenvalue weighted by molar-refractivity contribution is 6.30. The van der Waals surface area contributed by atoms with Gasteiger partial charge in [-0.3, -0.25) is 0 Å². The van der Waals surface area contributed by atoms with E-state index < -0.39 is 6.23 Å². The molecule has 2 aliphatic heterocycles. The van der Waals surface area contributed by atoms with E-state index in [2.05, 4.69) is 0 Å². The van der Waals surface area contributed by atoms with Crippen molar-refractivity contribution in [2.45, 2.75) is 18.7 Å². The van der Waals surface area contributed by atoms with Crippen molar-refractivity contribution in [3.63, 3.8) is 0 Å². The average Bonchev–Trinajstić information content (AvgIpc) is 3.29. The first-order valence-electron chi connectivity index (χ1n) is 10.3. The van der Waals surface area contributed by atoms with Gasteiger partial charge in [0.1, 0.15) is 11.5 Å². The van der Waals surface area contributed by atoms with Crippen LogP contribution in [-0.4, -0.2) is 32.0 Å². The largest absolute Gasteiger partial charge is 0.497 e. The SMILES string of the molecule is COc1ccc(C2=NN3C(C2)c2cc(Cl)ccc2OC3c2ccc(OC)c(OC)c2)cc1. The second kappa shape index (κ2) is 8.28. The topological polar surface area (TPSA) is 52.5 Å². The second-order valence-corrected chi connectivity index (χ2v) is 8.08. The van der Waals surface area contributed by atoms with Crippen molar-refractivity contribution in [2.24, 2.45) is 5.10 Å². The molecule has 0 bridgehead atoms. The molecule has 0 saturated carbocycles. The lowest BCUT2D eigenvalue weighted by Crippen LogP contribution is -2.33. The van der Waals surface area contributed by atoms with Crippen LogP contribution < -0.4 is 18.9 Å². The van der Waals surface area contributed by atoms with Crippen LogP contribution in [0.5, 0.6) is 23.0 Å². The quantitative estimate of drug-likeness (QED) is 0.505. The van der Waals surface area contributed by atoms with Crippen LogP contribution in [0.4, 0.5) is 0 Å². The highest BCUT2D eigenvalue weighted by Gasteiger charge is 2.41. The molecule has 5 rings (SSSR count). The Morgan fingerprint density at radius 1 is 0.906 bits per heavy atom. The van der Waals surface area contributed by atoms with E-state index in [1.54, 1.807) is 21.3 Å². The zero-order valence-corrected chi connectivity index (χ0v) is 18.8. The zero-order valence-electron chi connectivity index (χ0n) is 18.0. The summed E-state index contributed by atoms with van der Waals surface area (Å²) >= 11 is 6.32. The maximum atomic E-state index is 6.42. The Labute approximate surface area is 191 Å². The standard InChI is InChI=1S/C25H23ClN2O4/c1-29-18-8-4-15(5-9-18)20-14-21-19-13-17(26)7-11-22(19)32-25(28(21)27-20)16-6-10-23(30-2)24(12-16)31-3/h4-13,21,25H,14H2,1-3H3. The molecule has 0 radical (unpaired) electrons. The fraction of sp³-hybridized carbons (Fsp3) is 0.240. The third kappa shape index (κ3) is 3.50. The number of hydrogen-bond acceptors (Lipinski definition) is 6. The summed E-state index contributed by atoms with van der Waals surface area (Å²) < 4.78 is 22.6. The van der Waals surface area contributed by atoms with E-state index in [0.717, 1.165) is 40.3 Å². The molecule has 2 atom stereocenters. The second-order valence-electron chi connectivity index (χ2n) is 7.64. The van der Waals surface area contributed by atoms with Crippen LogP contribution in [0.2, 0.25) is 5.02 Å². The highest BCUT2D eigenvalue weighted by Crippen LogP contribution is 2.49. The van der Waals surface area contributed by atoms with Crippen molar-refractivity contribution < 1.29 is 18.9 Å². The van der Waals surface area contributed by atoms with E-state index in [1.807, 2.05) is 65.7 Å². The first-order valence-corrected chi connectivity index (χ1v) is 10.7. The molecule has 2 unspecified atom stereocenters. The molecule has 0 amide bonds. The minimum Gasteiger partial charge on any atom is -0.497 e. The fourth-order valence-corrected chi connectivity index (χ4v) is 4.42. The van der Waals surface area contributed by atoms with Crippen molar-refractivity contribution in [3.8, 4) is 23.0 Å². The molecular formula is C25H23ClN2O4. The molecule has 6 nitrogen and oxygen atoms in total. The molecule has 32 heavy (non-hydrogen) atoms. The normalized spacial score (nSPS) is 18.9. The number of halogens is 1. The van der Waals surface area contributed by atoms with Crippen molar-refractivity contribution in [3.05, 3.63) is 82.4 Å². The number of ether oxygens (including phenoxy) is 4. The van der Waals surface area contributed by atoms with Gasteiger partial charge in [0.2, 0.25) is 6.23 Å². The van der Waals surface area contributed by atoms with Crippen molar-refractivity contribution in [2.75, 3.05) is 21.3 Å². The van der Waals surface area contributed by atoms with Gasteiger partial charge in [-0.2, -0.15) is 5.10 Å². The van der Waals surface area contributed by atoms with E-state index in [4.69, 9.17) is 35.6 Å². The number of nitrogens with zero attached hydrogens (tertiary/aromatic N) is 2. The van der Waals surface area contributed by atoms with Gasteiger partial charge in [0, 0.05) is 22.6 Å².